The summed E-state index contributed by atoms with van der Waals surface area (Å²) in [5.74, 6) is 0. The number of benzene rings is 2. The highest BCUT2D eigenvalue weighted by molar-refractivity contribution is 5.65. The molecule has 0 spiro atoms. The monoisotopic (exact) mass is 237 g/mol. The molecule has 1 aliphatic carbocycles. The van der Waals surface area contributed by atoms with E-state index in [1.54, 1.807) is 0 Å². The van der Waals surface area contributed by atoms with E-state index in [0.717, 1.165) is 6.42 Å². The molecule has 0 aromatic heterocycles. The Morgan fingerprint density at radius 2 is 1.72 bits per heavy atom. The third-order valence-electron chi connectivity index (χ3n) is 3.86. The molecule has 2 aromatic carbocycles. The van der Waals surface area contributed by atoms with E-state index in [4.69, 9.17) is 5.73 Å². The van der Waals surface area contributed by atoms with Crippen molar-refractivity contribution in [3.05, 3.63) is 59.7 Å². The Kier molecular flexibility index (Phi) is 3.16. The van der Waals surface area contributed by atoms with Crippen molar-refractivity contribution in [2.75, 3.05) is 0 Å². The van der Waals surface area contributed by atoms with Gasteiger partial charge in [0.25, 0.3) is 0 Å². The van der Waals surface area contributed by atoms with Crippen LogP contribution in [-0.2, 0) is 6.42 Å². The summed E-state index contributed by atoms with van der Waals surface area (Å²) in [6.07, 6.45) is 4.81. The lowest BCUT2D eigenvalue weighted by atomic mass is 9.94. The van der Waals surface area contributed by atoms with E-state index in [9.17, 15) is 0 Å². The molecule has 1 aliphatic rings. The van der Waals surface area contributed by atoms with Gasteiger partial charge < -0.3 is 5.73 Å². The molecule has 1 unspecified atom stereocenters. The fourth-order valence-electron chi connectivity index (χ4n) is 2.81. The second-order valence-corrected chi connectivity index (χ2v) is 5.13. The molecule has 3 rings (SSSR count). The Bertz CT molecular complexity index is 531. The van der Waals surface area contributed by atoms with Gasteiger partial charge in [0.05, 0.1) is 0 Å². The predicted molar refractivity (Wildman–Crippen MR) is 76.4 cm³/mol. The van der Waals surface area contributed by atoms with E-state index in [0.29, 0.717) is 0 Å². The molecule has 92 valence electrons. The van der Waals surface area contributed by atoms with E-state index >= 15 is 0 Å². The van der Waals surface area contributed by atoms with Crippen molar-refractivity contribution in [2.45, 2.75) is 31.7 Å². The first kappa shape index (κ1) is 11.5. The zero-order valence-corrected chi connectivity index (χ0v) is 10.6. The summed E-state index contributed by atoms with van der Waals surface area (Å²) in [5, 5.41) is 0. The largest absolute Gasteiger partial charge is 0.324 e. The topological polar surface area (TPSA) is 26.0 Å². The number of rotatable bonds is 1. The molecule has 0 aliphatic heterocycles. The molecule has 0 radical (unpaired) electrons. The summed E-state index contributed by atoms with van der Waals surface area (Å²) in [7, 11) is 0. The highest BCUT2D eigenvalue weighted by Crippen LogP contribution is 2.30. The maximum absolute atomic E-state index is 6.29. The van der Waals surface area contributed by atoms with Crippen LogP contribution in [0.5, 0.6) is 0 Å². The first-order valence-electron chi connectivity index (χ1n) is 6.78. The molecule has 0 heterocycles. The van der Waals surface area contributed by atoms with E-state index in [1.807, 2.05) is 0 Å². The Labute approximate surface area is 109 Å². The second kappa shape index (κ2) is 4.95. The van der Waals surface area contributed by atoms with Crippen molar-refractivity contribution >= 4 is 0 Å². The van der Waals surface area contributed by atoms with E-state index in [-0.39, 0.29) is 6.04 Å². The lowest BCUT2D eigenvalue weighted by Crippen LogP contribution is -2.10. The smallest absolute Gasteiger partial charge is 0.0297 e. The van der Waals surface area contributed by atoms with Gasteiger partial charge in [0.1, 0.15) is 0 Å². The van der Waals surface area contributed by atoms with Crippen LogP contribution >= 0.6 is 0 Å². The zero-order valence-electron chi connectivity index (χ0n) is 10.6. The molecule has 0 saturated heterocycles. The van der Waals surface area contributed by atoms with Gasteiger partial charge in [0.15, 0.2) is 0 Å². The van der Waals surface area contributed by atoms with E-state index < -0.39 is 0 Å². The molecular weight excluding hydrogens is 218 g/mol. The number of fused-ring (bicyclic) bond motifs is 1. The minimum atomic E-state index is 0.214. The number of aryl methyl sites for hydroxylation is 1. The number of nitrogens with two attached hydrogens (primary N) is 1. The summed E-state index contributed by atoms with van der Waals surface area (Å²) in [5.41, 5.74) is 11.7. The molecule has 18 heavy (non-hydrogen) atoms. The lowest BCUT2D eigenvalue weighted by molar-refractivity contribution is 0.615. The Hall–Kier alpha value is -1.60. The molecule has 0 fully saturated rings. The molecule has 2 aromatic rings. The standard InChI is InChI=1S/C17H19N/c18-17-9-5-4-8-14-10-11-15(12-16(14)17)13-6-2-1-3-7-13/h1-3,6-7,10-12,17H,4-5,8-9,18H2. The van der Waals surface area contributed by atoms with Crippen LogP contribution in [-0.4, -0.2) is 0 Å². The van der Waals surface area contributed by atoms with Gasteiger partial charge in [-0.1, -0.05) is 48.9 Å². The average Bonchev–Trinajstić information content (AvgIpc) is 2.62. The van der Waals surface area contributed by atoms with Gasteiger partial charge in [-0.3, -0.25) is 0 Å². The SMILES string of the molecule is NC1CCCCc2ccc(-c3ccccc3)cc21. The van der Waals surface area contributed by atoms with Gasteiger partial charge in [-0.05, 0) is 47.6 Å². The van der Waals surface area contributed by atoms with Crippen LogP contribution in [0.1, 0.15) is 36.4 Å². The third-order valence-corrected chi connectivity index (χ3v) is 3.86. The minimum absolute atomic E-state index is 0.214. The van der Waals surface area contributed by atoms with Gasteiger partial charge in [-0.25, -0.2) is 0 Å². The molecule has 1 nitrogen and oxygen atoms in total. The Morgan fingerprint density at radius 1 is 0.889 bits per heavy atom. The summed E-state index contributed by atoms with van der Waals surface area (Å²) in [4.78, 5) is 0. The fraction of sp³-hybridized carbons (Fsp3) is 0.294. The maximum atomic E-state index is 6.29. The van der Waals surface area contributed by atoms with Crippen molar-refractivity contribution in [3.8, 4) is 11.1 Å². The van der Waals surface area contributed by atoms with E-state index in [2.05, 4.69) is 48.5 Å². The van der Waals surface area contributed by atoms with E-state index in [1.165, 1.54) is 41.5 Å². The quantitative estimate of drug-likeness (QED) is 0.743. The van der Waals surface area contributed by atoms with Crippen LogP contribution in [0, 0.1) is 0 Å². The summed E-state index contributed by atoms with van der Waals surface area (Å²) >= 11 is 0. The summed E-state index contributed by atoms with van der Waals surface area (Å²) in [6, 6.07) is 17.5. The molecule has 1 atom stereocenters. The maximum Gasteiger partial charge on any atom is 0.0297 e. The van der Waals surface area contributed by atoms with Gasteiger partial charge in [0.2, 0.25) is 0 Å². The molecule has 0 amide bonds. The van der Waals surface area contributed by atoms with Crippen LogP contribution in [0.15, 0.2) is 48.5 Å². The highest BCUT2D eigenvalue weighted by Gasteiger charge is 2.15. The van der Waals surface area contributed by atoms with Gasteiger partial charge >= 0.3 is 0 Å². The van der Waals surface area contributed by atoms with Gasteiger partial charge in [0, 0.05) is 6.04 Å². The van der Waals surface area contributed by atoms with Crippen molar-refractivity contribution in [3.63, 3.8) is 0 Å². The van der Waals surface area contributed by atoms with Crippen molar-refractivity contribution in [2.24, 2.45) is 5.73 Å². The van der Waals surface area contributed by atoms with Crippen LogP contribution < -0.4 is 5.73 Å². The molecule has 2 N–H and O–H groups in total. The molecule has 0 saturated carbocycles. The van der Waals surface area contributed by atoms with Crippen molar-refractivity contribution in [1.29, 1.82) is 0 Å². The van der Waals surface area contributed by atoms with Gasteiger partial charge in [-0.15, -0.1) is 0 Å². The molecule has 0 bridgehead atoms. The normalized spacial score (nSPS) is 19.1. The fourth-order valence-corrected chi connectivity index (χ4v) is 2.81. The van der Waals surface area contributed by atoms with Gasteiger partial charge in [-0.2, -0.15) is 0 Å². The first-order chi connectivity index (χ1) is 8.84. The summed E-state index contributed by atoms with van der Waals surface area (Å²) < 4.78 is 0. The molecular formula is C17H19N. The zero-order chi connectivity index (χ0) is 12.4. The second-order valence-electron chi connectivity index (χ2n) is 5.13. The summed E-state index contributed by atoms with van der Waals surface area (Å²) in [6.45, 7) is 0. The third kappa shape index (κ3) is 2.19. The van der Waals surface area contributed by atoms with Crippen molar-refractivity contribution in [1.82, 2.24) is 0 Å². The molecule has 1 heteroatoms. The first-order valence-corrected chi connectivity index (χ1v) is 6.78. The number of hydrogen-bond acceptors (Lipinski definition) is 1. The minimum Gasteiger partial charge on any atom is -0.324 e. The van der Waals surface area contributed by atoms with Crippen LogP contribution in [0.2, 0.25) is 0 Å². The van der Waals surface area contributed by atoms with Crippen molar-refractivity contribution < 1.29 is 0 Å². The predicted octanol–water partition coefficient (Wildman–Crippen LogP) is 4.08. The lowest BCUT2D eigenvalue weighted by Gasteiger charge is -2.14. The Morgan fingerprint density at radius 3 is 2.56 bits per heavy atom. The van der Waals surface area contributed by atoms with Crippen LogP contribution in [0.25, 0.3) is 11.1 Å². The average molecular weight is 237 g/mol. The Balaban J connectivity index is 2.04. The highest BCUT2D eigenvalue weighted by atomic mass is 14.6. The van der Waals surface area contributed by atoms with Crippen LogP contribution in [0.4, 0.5) is 0 Å². The number of hydrogen-bond donors (Lipinski definition) is 1. The van der Waals surface area contributed by atoms with Crippen LogP contribution in [0.3, 0.4) is 0 Å².